The molecule has 80 valence electrons. The van der Waals surface area contributed by atoms with E-state index in [0.29, 0.717) is 25.1 Å². The Hall–Kier alpha value is -0.930. The molecule has 0 aromatic carbocycles. The second-order valence-electron chi connectivity index (χ2n) is 3.30. The molecule has 0 aliphatic heterocycles. The topological polar surface area (TPSA) is 3.24 Å². The quantitative estimate of drug-likeness (QED) is 0.669. The molecular weight excluding hydrogens is 191 g/mol. The van der Waals surface area contributed by atoms with Crippen LogP contribution in [0.15, 0.2) is 23.4 Å². The summed E-state index contributed by atoms with van der Waals surface area (Å²) in [5.41, 5.74) is -0.181. The standard InChI is InChI=1S/C10H14F3N/c1-3-14(2)9-7-5-4-6-8(9)10(11,12)13/h6-7H,3-5H2,1-2H3. The van der Waals surface area contributed by atoms with Gasteiger partial charge in [-0.15, -0.1) is 0 Å². The normalized spacial score (nSPS) is 17.5. The zero-order chi connectivity index (χ0) is 10.8. The molecule has 0 spiro atoms. The molecule has 0 radical (unpaired) electrons. The molecule has 0 heterocycles. The highest BCUT2D eigenvalue weighted by molar-refractivity contribution is 5.36. The van der Waals surface area contributed by atoms with Crippen molar-refractivity contribution in [1.82, 2.24) is 4.90 Å². The summed E-state index contributed by atoms with van der Waals surface area (Å²) in [7, 11) is 1.68. The van der Waals surface area contributed by atoms with E-state index in [1.807, 2.05) is 6.92 Å². The molecule has 0 saturated heterocycles. The van der Waals surface area contributed by atoms with E-state index in [-0.39, 0.29) is 0 Å². The molecule has 0 saturated carbocycles. The summed E-state index contributed by atoms with van der Waals surface area (Å²) in [5.74, 6) is 0. The van der Waals surface area contributed by atoms with E-state index in [4.69, 9.17) is 0 Å². The molecule has 1 aliphatic carbocycles. The van der Waals surface area contributed by atoms with Gasteiger partial charge in [0, 0.05) is 19.3 Å². The highest BCUT2D eigenvalue weighted by Crippen LogP contribution is 2.35. The number of nitrogens with zero attached hydrogens (tertiary/aromatic N) is 1. The van der Waals surface area contributed by atoms with Gasteiger partial charge < -0.3 is 4.90 Å². The summed E-state index contributed by atoms with van der Waals surface area (Å²) in [4.78, 5) is 1.62. The Morgan fingerprint density at radius 1 is 1.29 bits per heavy atom. The number of hydrogen-bond acceptors (Lipinski definition) is 1. The van der Waals surface area contributed by atoms with Gasteiger partial charge in [-0.25, -0.2) is 0 Å². The van der Waals surface area contributed by atoms with Crippen LogP contribution in [0.2, 0.25) is 0 Å². The third kappa shape index (κ3) is 2.30. The van der Waals surface area contributed by atoms with Crippen LogP contribution in [0.3, 0.4) is 0 Å². The van der Waals surface area contributed by atoms with E-state index < -0.39 is 11.7 Å². The second kappa shape index (κ2) is 4.07. The lowest BCUT2D eigenvalue weighted by Gasteiger charge is -2.26. The van der Waals surface area contributed by atoms with Gasteiger partial charge in [-0.2, -0.15) is 13.2 Å². The molecular formula is C10H14F3N. The molecule has 4 heteroatoms. The van der Waals surface area contributed by atoms with Gasteiger partial charge in [0.15, 0.2) is 0 Å². The minimum absolute atomic E-state index is 0.311. The van der Waals surface area contributed by atoms with Crippen molar-refractivity contribution in [2.24, 2.45) is 0 Å². The first-order valence-electron chi connectivity index (χ1n) is 4.65. The van der Waals surface area contributed by atoms with Crippen molar-refractivity contribution in [2.45, 2.75) is 25.9 Å². The van der Waals surface area contributed by atoms with Gasteiger partial charge in [0.1, 0.15) is 0 Å². The maximum atomic E-state index is 12.6. The maximum Gasteiger partial charge on any atom is 0.418 e. The Balaban J connectivity index is 2.93. The molecule has 0 aromatic heterocycles. The maximum absolute atomic E-state index is 12.6. The van der Waals surface area contributed by atoms with Gasteiger partial charge in [-0.1, -0.05) is 12.2 Å². The summed E-state index contributed by atoms with van der Waals surface area (Å²) in [6, 6.07) is 0. The van der Waals surface area contributed by atoms with Gasteiger partial charge in [0.2, 0.25) is 0 Å². The SMILES string of the molecule is CCN(C)C1=CCCC=C1C(F)(F)F. The van der Waals surface area contributed by atoms with Crippen molar-refractivity contribution in [3.05, 3.63) is 23.4 Å². The number of hydrogen-bond donors (Lipinski definition) is 0. The Morgan fingerprint density at radius 2 is 1.86 bits per heavy atom. The number of likely N-dealkylation sites (N-methyl/N-ethyl adjacent to an activating group) is 1. The molecule has 1 nitrogen and oxygen atoms in total. The number of rotatable bonds is 2. The van der Waals surface area contributed by atoms with E-state index in [1.54, 1.807) is 18.0 Å². The second-order valence-corrected chi connectivity index (χ2v) is 3.30. The Kier molecular flexibility index (Phi) is 3.24. The minimum Gasteiger partial charge on any atom is -0.375 e. The lowest BCUT2D eigenvalue weighted by Crippen LogP contribution is -2.26. The van der Waals surface area contributed by atoms with Crippen LogP contribution in [-0.4, -0.2) is 24.7 Å². The van der Waals surface area contributed by atoms with Gasteiger partial charge in [0.05, 0.1) is 5.57 Å². The van der Waals surface area contributed by atoms with Crippen LogP contribution in [0.4, 0.5) is 13.2 Å². The van der Waals surface area contributed by atoms with Crippen LogP contribution in [0, 0.1) is 0 Å². The van der Waals surface area contributed by atoms with Crippen molar-refractivity contribution in [3.8, 4) is 0 Å². The smallest absolute Gasteiger partial charge is 0.375 e. The van der Waals surface area contributed by atoms with Crippen molar-refractivity contribution in [1.29, 1.82) is 0 Å². The van der Waals surface area contributed by atoms with Crippen molar-refractivity contribution >= 4 is 0 Å². The zero-order valence-corrected chi connectivity index (χ0v) is 8.36. The molecule has 0 N–H and O–H groups in total. The lowest BCUT2D eigenvalue weighted by atomic mass is 10.0. The predicted molar refractivity (Wildman–Crippen MR) is 49.8 cm³/mol. The van der Waals surface area contributed by atoms with E-state index in [2.05, 4.69) is 0 Å². The zero-order valence-electron chi connectivity index (χ0n) is 8.36. The fourth-order valence-corrected chi connectivity index (χ4v) is 1.45. The molecule has 0 amide bonds. The summed E-state index contributed by atoms with van der Waals surface area (Å²) < 4.78 is 37.7. The van der Waals surface area contributed by atoms with Gasteiger partial charge in [-0.05, 0) is 19.8 Å². The predicted octanol–water partition coefficient (Wildman–Crippen LogP) is 3.10. The highest BCUT2D eigenvalue weighted by atomic mass is 19.4. The van der Waals surface area contributed by atoms with Crippen molar-refractivity contribution in [3.63, 3.8) is 0 Å². The summed E-state index contributed by atoms with van der Waals surface area (Å²) >= 11 is 0. The molecule has 0 fully saturated rings. The molecule has 0 bridgehead atoms. The number of halogens is 3. The van der Waals surface area contributed by atoms with Crippen LogP contribution in [0.25, 0.3) is 0 Å². The van der Waals surface area contributed by atoms with Crippen LogP contribution in [-0.2, 0) is 0 Å². The third-order valence-electron chi connectivity index (χ3n) is 2.32. The van der Waals surface area contributed by atoms with E-state index in [1.165, 1.54) is 6.08 Å². The van der Waals surface area contributed by atoms with Gasteiger partial charge in [0.25, 0.3) is 0 Å². The molecule has 0 aromatic rings. The van der Waals surface area contributed by atoms with Crippen LogP contribution < -0.4 is 0 Å². The van der Waals surface area contributed by atoms with Gasteiger partial charge >= 0.3 is 6.18 Å². The average molecular weight is 205 g/mol. The minimum atomic E-state index is -4.23. The van der Waals surface area contributed by atoms with E-state index in [0.717, 1.165) is 0 Å². The first-order valence-corrected chi connectivity index (χ1v) is 4.65. The largest absolute Gasteiger partial charge is 0.418 e. The summed E-state index contributed by atoms with van der Waals surface area (Å²) in [6.07, 6.45) is -0.112. The Labute approximate surface area is 81.9 Å². The van der Waals surface area contributed by atoms with Crippen LogP contribution >= 0.6 is 0 Å². The van der Waals surface area contributed by atoms with Crippen molar-refractivity contribution < 1.29 is 13.2 Å². The Bertz CT molecular complexity index is 263. The number of allylic oxidation sites excluding steroid dienone is 3. The fraction of sp³-hybridized carbons (Fsp3) is 0.600. The summed E-state index contributed by atoms with van der Waals surface area (Å²) in [5, 5.41) is 0. The molecule has 1 rings (SSSR count). The summed E-state index contributed by atoms with van der Waals surface area (Å²) in [6.45, 7) is 2.42. The van der Waals surface area contributed by atoms with Crippen molar-refractivity contribution in [2.75, 3.05) is 13.6 Å². The third-order valence-corrected chi connectivity index (χ3v) is 2.32. The van der Waals surface area contributed by atoms with Crippen LogP contribution in [0.5, 0.6) is 0 Å². The highest BCUT2D eigenvalue weighted by Gasteiger charge is 2.37. The Morgan fingerprint density at radius 3 is 2.36 bits per heavy atom. The fourth-order valence-electron chi connectivity index (χ4n) is 1.45. The van der Waals surface area contributed by atoms with Gasteiger partial charge in [-0.3, -0.25) is 0 Å². The van der Waals surface area contributed by atoms with E-state index >= 15 is 0 Å². The average Bonchev–Trinajstić information content (AvgIpc) is 2.15. The molecule has 0 unspecified atom stereocenters. The molecule has 14 heavy (non-hydrogen) atoms. The molecule has 1 aliphatic rings. The monoisotopic (exact) mass is 205 g/mol. The molecule has 0 atom stereocenters. The van der Waals surface area contributed by atoms with E-state index in [9.17, 15) is 13.2 Å². The number of alkyl halides is 3. The lowest BCUT2D eigenvalue weighted by molar-refractivity contribution is -0.0917. The first-order chi connectivity index (χ1) is 6.46. The van der Waals surface area contributed by atoms with Crippen LogP contribution in [0.1, 0.15) is 19.8 Å². The first kappa shape index (κ1) is 11.1.